The lowest BCUT2D eigenvalue weighted by atomic mass is 9.90. The molecule has 0 aliphatic carbocycles. The third-order valence-corrected chi connectivity index (χ3v) is 3.99. The molecule has 1 N–H and O–H groups in total. The van der Waals surface area contributed by atoms with Crippen LogP contribution in [-0.2, 0) is 24.3 Å². The Balaban J connectivity index is 5.12. The number of carboxylic acid groups (broad SMARTS) is 1. The molecule has 2 unspecified atom stereocenters. The van der Waals surface area contributed by atoms with E-state index in [0.29, 0.717) is 13.0 Å². The fourth-order valence-corrected chi connectivity index (χ4v) is 2.47. The first-order valence-corrected chi connectivity index (χ1v) is 9.18. The molecule has 0 aliphatic heterocycles. The van der Waals surface area contributed by atoms with Crippen LogP contribution in [0.4, 0.5) is 0 Å². The molecule has 6 heteroatoms. The van der Waals surface area contributed by atoms with Crippen LogP contribution in [0.2, 0.25) is 0 Å². The van der Waals surface area contributed by atoms with E-state index >= 15 is 0 Å². The van der Waals surface area contributed by atoms with E-state index in [0.717, 1.165) is 32.1 Å². The van der Waals surface area contributed by atoms with E-state index in [9.17, 15) is 9.90 Å². The Hall–Kier alpha value is -0.690. The fraction of sp³-hybridized carbons (Fsp3) is 0.944. The van der Waals surface area contributed by atoms with Crippen LogP contribution in [-0.4, -0.2) is 35.0 Å². The number of unbranched alkanes of at least 4 members (excludes halogenated alkanes) is 1. The summed E-state index contributed by atoms with van der Waals surface area (Å²) < 4.78 is 0. The van der Waals surface area contributed by atoms with Crippen molar-refractivity contribution in [3.8, 4) is 0 Å². The molecule has 0 fully saturated rings. The van der Waals surface area contributed by atoms with Gasteiger partial charge in [0.15, 0.2) is 0 Å². The molecule has 144 valence electrons. The van der Waals surface area contributed by atoms with Gasteiger partial charge in [-0.3, -0.25) is 0 Å². The second-order valence-corrected chi connectivity index (χ2v) is 6.77. The molecular weight excluding hydrogens is 312 g/mol. The average molecular weight is 348 g/mol. The van der Waals surface area contributed by atoms with Crippen LogP contribution in [0, 0.1) is 0 Å². The summed E-state index contributed by atoms with van der Waals surface area (Å²) in [5.41, 5.74) is -2.06. The van der Waals surface area contributed by atoms with Crippen molar-refractivity contribution in [3.63, 3.8) is 0 Å². The average Bonchev–Trinajstić information content (AvgIpc) is 2.52. The van der Waals surface area contributed by atoms with E-state index in [-0.39, 0.29) is 6.42 Å². The zero-order valence-corrected chi connectivity index (χ0v) is 16.2. The van der Waals surface area contributed by atoms with Crippen molar-refractivity contribution in [3.05, 3.63) is 0 Å². The van der Waals surface area contributed by atoms with Gasteiger partial charge in [0.25, 0.3) is 0 Å². The number of carbonyl (C=O) groups is 1. The summed E-state index contributed by atoms with van der Waals surface area (Å²) in [7, 11) is 0. The third-order valence-electron chi connectivity index (χ3n) is 3.99. The molecule has 0 aromatic carbocycles. The maximum Gasteiger partial charge on any atom is 0.342 e. The summed E-state index contributed by atoms with van der Waals surface area (Å²) in [5, 5.41) is 9.77. The van der Waals surface area contributed by atoms with Gasteiger partial charge in [-0.05, 0) is 39.5 Å². The zero-order chi connectivity index (χ0) is 18.6. The van der Waals surface area contributed by atoms with Gasteiger partial charge in [0.2, 0.25) is 5.60 Å². The molecule has 0 spiro atoms. The Morgan fingerprint density at radius 3 is 2.17 bits per heavy atom. The molecule has 0 radical (unpaired) electrons. The van der Waals surface area contributed by atoms with Gasteiger partial charge in [-0.2, -0.15) is 0 Å². The molecule has 0 bridgehead atoms. The van der Waals surface area contributed by atoms with Crippen LogP contribution in [0.15, 0.2) is 0 Å². The van der Waals surface area contributed by atoms with E-state index in [4.69, 9.17) is 19.6 Å². The Morgan fingerprint density at radius 1 is 1.04 bits per heavy atom. The highest BCUT2D eigenvalue weighted by Gasteiger charge is 2.49. The molecule has 0 saturated carbocycles. The SMILES string of the molecule is CCCCOOC(CC)(C(=O)O)C(CCC)OOC(C)(C)CCC. The summed E-state index contributed by atoms with van der Waals surface area (Å²) >= 11 is 0. The van der Waals surface area contributed by atoms with Crippen molar-refractivity contribution in [2.75, 3.05) is 6.61 Å². The highest BCUT2D eigenvalue weighted by molar-refractivity contribution is 5.78. The molecule has 0 amide bonds. The molecular formula is C18H36O6. The smallest absolute Gasteiger partial charge is 0.342 e. The standard InChI is InChI=1S/C18H36O6/c1-7-11-14-21-24-18(10-4,16(19)20)15(12-8-2)22-23-17(5,6)13-9-3/h15H,7-14H2,1-6H3,(H,19,20). The van der Waals surface area contributed by atoms with Gasteiger partial charge in [0.1, 0.15) is 6.10 Å². The second-order valence-electron chi connectivity index (χ2n) is 6.77. The quantitative estimate of drug-likeness (QED) is 0.263. The predicted molar refractivity (Wildman–Crippen MR) is 92.5 cm³/mol. The van der Waals surface area contributed by atoms with Gasteiger partial charge >= 0.3 is 5.97 Å². The minimum Gasteiger partial charge on any atom is -0.479 e. The number of carboxylic acids is 1. The van der Waals surface area contributed by atoms with Gasteiger partial charge in [0.05, 0.1) is 12.2 Å². The zero-order valence-electron chi connectivity index (χ0n) is 16.2. The summed E-state index contributed by atoms with van der Waals surface area (Å²) in [5.74, 6) is -1.10. The van der Waals surface area contributed by atoms with Crippen LogP contribution < -0.4 is 0 Å². The van der Waals surface area contributed by atoms with E-state index in [1.165, 1.54) is 0 Å². The van der Waals surface area contributed by atoms with Gasteiger partial charge in [-0.15, -0.1) is 0 Å². The number of rotatable bonds is 15. The highest BCUT2D eigenvalue weighted by atomic mass is 17.2. The minimum atomic E-state index is -1.58. The van der Waals surface area contributed by atoms with Crippen molar-refractivity contribution in [1.82, 2.24) is 0 Å². The number of aliphatic carboxylic acids is 1. The largest absolute Gasteiger partial charge is 0.479 e. The molecule has 24 heavy (non-hydrogen) atoms. The minimum absolute atomic E-state index is 0.219. The second kappa shape index (κ2) is 11.8. The van der Waals surface area contributed by atoms with Gasteiger partial charge < -0.3 is 5.11 Å². The molecule has 0 aromatic rings. The van der Waals surface area contributed by atoms with Crippen molar-refractivity contribution >= 4 is 5.97 Å². The maximum absolute atomic E-state index is 11.9. The molecule has 6 nitrogen and oxygen atoms in total. The first-order chi connectivity index (χ1) is 11.3. The Kier molecular flexibility index (Phi) is 11.5. The van der Waals surface area contributed by atoms with Crippen LogP contribution in [0.25, 0.3) is 0 Å². The summed E-state index contributed by atoms with van der Waals surface area (Å²) in [6.45, 7) is 12.0. The molecule has 0 aromatic heterocycles. The number of hydrogen-bond donors (Lipinski definition) is 1. The summed E-state index contributed by atoms with van der Waals surface area (Å²) in [6, 6.07) is 0. The summed E-state index contributed by atoms with van der Waals surface area (Å²) in [4.78, 5) is 33.7. The van der Waals surface area contributed by atoms with Crippen molar-refractivity contribution < 1.29 is 29.5 Å². The molecule has 0 saturated heterocycles. The van der Waals surface area contributed by atoms with Crippen LogP contribution >= 0.6 is 0 Å². The third kappa shape index (κ3) is 7.47. The Labute approximate surface area is 146 Å². The van der Waals surface area contributed by atoms with E-state index < -0.39 is 23.3 Å². The lowest BCUT2D eigenvalue weighted by Crippen LogP contribution is -2.53. The highest BCUT2D eigenvalue weighted by Crippen LogP contribution is 2.30. The predicted octanol–water partition coefficient (Wildman–Crippen LogP) is 4.66. The van der Waals surface area contributed by atoms with Crippen molar-refractivity contribution in [2.45, 2.75) is 104 Å². The van der Waals surface area contributed by atoms with Crippen LogP contribution in [0.1, 0.15) is 86.5 Å². The van der Waals surface area contributed by atoms with E-state index in [1.54, 1.807) is 6.92 Å². The fourth-order valence-electron chi connectivity index (χ4n) is 2.47. The molecule has 0 heterocycles. The lowest BCUT2D eigenvalue weighted by molar-refractivity contribution is -0.436. The normalized spacial score (nSPS) is 15.9. The molecule has 0 rings (SSSR count). The Morgan fingerprint density at radius 2 is 1.71 bits per heavy atom. The molecule has 0 aliphatic rings. The summed E-state index contributed by atoms with van der Waals surface area (Å²) in [6.07, 6.45) is 4.22. The molecule has 2 atom stereocenters. The topological polar surface area (TPSA) is 74.2 Å². The Bertz CT molecular complexity index is 344. The first kappa shape index (κ1) is 23.3. The number of hydrogen-bond acceptors (Lipinski definition) is 5. The lowest BCUT2D eigenvalue weighted by Gasteiger charge is -2.35. The van der Waals surface area contributed by atoms with E-state index in [1.807, 2.05) is 27.7 Å². The van der Waals surface area contributed by atoms with Gasteiger partial charge in [0, 0.05) is 0 Å². The van der Waals surface area contributed by atoms with Crippen molar-refractivity contribution in [1.29, 1.82) is 0 Å². The van der Waals surface area contributed by atoms with Crippen LogP contribution in [0.5, 0.6) is 0 Å². The van der Waals surface area contributed by atoms with Gasteiger partial charge in [-0.25, -0.2) is 24.3 Å². The monoisotopic (exact) mass is 348 g/mol. The first-order valence-electron chi connectivity index (χ1n) is 9.18. The van der Waals surface area contributed by atoms with Gasteiger partial charge in [-0.1, -0.05) is 47.0 Å². The van der Waals surface area contributed by atoms with Crippen LogP contribution in [0.3, 0.4) is 0 Å². The van der Waals surface area contributed by atoms with E-state index in [2.05, 4.69) is 6.92 Å². The maximum atomic E-state index is 11.9. The van der Waals surface area contributed by atoms with Crippen molar-refractivity contribution in [2.24, 2.45) is 0 Å².